The second-order valence-corrected chi connectivity index (χ2v) is 20.7. The van der Waals surface area contributed by atoms with E-state index in [9.17, 15) is 18.2 Å². The number of nitrogens with zero attached hydrogens (tertiary/aromatic N) is 6. The first-order valence-electron chi connectivity index (χ1n) is 22.4. The van der Waals surface area contributed by atoms with Gasteiger partial charge in [0, 0.05) is 66.0 Å². The second-order valence-electron chi connectivity index (χ2n) is 18.3. The molecule has 15 nitrogen and oxygen atoms in total. The van der Waals surface area contributed by atoms with Crippen LogP contribution in [0.4, 0.5) is 14.5 Å². The Morgan fingerprint density at radius 2 is 1.73 bits per heavy atom. The lowest BCUT2D eigenvalue weighted by molar-refractivity contribution is 0.0697. The lowest BCUT2D eigenvalue weighted by Gasteiger charge is -2.37. The predicted molar refractivity (Wildman–Crippen MR) is 244 cm³/mol. The molecule has 0 spiro atoms. The minimum atomic E-state index is -3.24. The number of H-pyrrole nitrogens is 1. The van der Waals surface area contributed by atoms with E-state index < -0.39 is 44.4 Å². The number of rotatable bonds is 9. The summed E-state index contributed by atoms with van der Waals surface area (Å²) in [5, 5.41) is 4.64. The van der Waals surface area contributed by atoms with Crippen LogP contribution >= 0.6 is 0 Å². The van der Waals surface area contributed by atoms with Crippen molar-refractivity contribution in [1.82, 2.24) is 28.7 Å². The van der Waals surface area contributed by atoms with Crippen molar-refractivity contribution in [3.63, 3.8) is 0 Å². The Morgan fingerprint density at radius 3 is 2.36 bits per heavy atom. The Labute approximate surface area is 378 Å². The second kappa shape index (κ2) is 16.2. The van der Waals surface area contributed by atoms with Crippen LogP contribution in [0.25, 0.3) is 16.6 Å². The molecule has 6 aromatic rings. The molecule has 344 valence electrons. The number of amides is 1. The lowest BCUT2D eigenvalue weighted by atomic mass is 9.91. The minimum Gasteiger partial charge on any atom is -0.402 e. The molecule has 2 aliphatic heterocycles. The van der Waals surface area contributed by atoms with Gasteiger partial charge in [0.25, 0.3) is 5.91 Å². The zero-order valence-electron chi connectivity index (χ0n) is 37.1. The molecule has 2 saturated carbocycles. The predicted octanol–water partition coefficient (Wildman–Crippen LogP) is 7.53. The highest BCUT2D eigenvalue weighted by atomic mass is 32.2. The smallest absolute Gasteiger partial charge is 0.402 e. The maximum absolute atomic E-state index is 16.0. The number of nitrogens with one attached hydrogen (secondary N) is 2. The zero-order valence-corrected chi connectivity index (χ0v) is 37.9. The van der Waals surface area contributed by atoms with Gasteiger partial charge in [-0.15, -0.1) is 0 Å². The molecule has 4 atom stereocenters. The normalized spacial score (nSPS) is 22.8. The van der Waals surface area contributed by atoms with E-state index in [4.69, 9.17) is 24.8 Å². The van der Waals surface area contributed by atoms with E-state index in [-0.39, 0.29) is 46.5 Å². The van der Waals surface area contributed by atoms with Crippen molar-refractivity contribution in [3.05, 3.63) is 139 Å². The van der Waals surface area contributed by atoms with Crippen LogP contribution in [0, 0.1) is 36.2 Å². The molecule has 3 fully saturated rings. The maximum Gasteiger partial charge on any atom is 0.438 e. The molecule has 3 aromatic heterocycles. The van der Waals surface area contributed by atoms with E-state index in [0.717, 1.165) is 46.4 Å². The van der Waals surface area contributed by atoms with Crippen LogP contribution in [0.5, 0.6) is 0 Å². The Balaban J connectivity index is 1.08. The lowest BCUT2D eigenvalue weighted by Crippen LogP contribution is -2.49. The van der Waals surface area contributed by atoms with Crippen LogP contribution in [0.1, 0.15) is 97.7 Å². The summed E-state index contributed by atoms with van der Waals surface area (Å²) in [6.07, 6.45) is 7.49. The highest BCUT2D eigenvalue weighted by Gasteiger charge is 2.59. The van der Waals surface area contributed by atoms with Gasteiger partial charge in [-0.2, -0.15) is 0 Å². The third kappa shape index (κ3) is 7.07. The molecule has 4 aliphatic rings. The number of aliphatic imine (C=N–C) groups is 1. The molecule has 3 aromatic carbocycles. The largest absolute Gasteiger partial charge is 0.438 e. The standard InChI is InChI=1S/C48H51F2N9O6S/c1-26-20-33(21-27(2)42(26)50)53-43(58-17-16-57(47(58)62)39-11-9-35(24-36(39)49)66(52,63)34-6-5-7-34)41-29(4)56(15-12-37(41)51)44(60)40-23-32-22-31(30-13-18-64-19-14-30)8-10-38(32)59(40)48(25-28(48)3)45-54-46(61)65-55-45/h8-11,16-17,20-24,28-30,34,52H,5-7,12-15,18-19,25,51H2,1-4H3,(H,54,55,61)/t28-,29-,48-,66+/m0/s1. The Bertz CT molecular complexity index is 3240. The van der Waals surface area contributed by atoms with Crippen LogP contribution < -0.4 is 17.2 Å². The van der Waals surface area contributed by atoms with Crippen molar-refractivity contribution in [2.45, 2.75) is 100 Å². The van der Waals surface area contributed by atoms with Gasteiger partial charge < -0.3 is 19.9 Å². The summed E-state index contributed by atoms with van der Waals surface area (Å²) in [6, 6.07) is 14.3. The topological polar surface area (TPSA) is 200 Å². The van der Waals surface area contributed by atoms with Crippen LogP contribution in [-0.2, 0) is 20.0 Å². The summed E-state index contributed by atoms with van der Waals surface area (Å²) in [6.45, 7) is 8.61. The molecule has 0 radical (unpaired) electrons. The van der Waals surface area contributed by atoms with Crippen molar-refractivity contribution in [1.29, 1.82) is 4.78 Å². The number of halogens is 2. The quantitative estimate of drug-likeness (QED) is 0.0977. The van der Waals surface area contributed by atoms with Crippen molar-refractivity contribution >= 4 is 38.1 Å². The number of aryl methyl sites for hydroxylation is 2. The first kappa shape index (κ1) is 43.5. The fourth-order valence-electron chi connectivity index (χ4n) is 10.3. The Hall–Kier alpha value is -6.40. The van der Waals surface area contributed by atoms with E-state index in [1.165, 1.54) is 29.1 Å². The number of hydrogen-bond acceptors (Lipinski definition) is 10. The highest BCUT2D eigenvalue weighted by molar-refractivity contribution is 7.93. The number of benzene rings is 3. The van der Waals surface area contributed by atoms with Crippen molar-refractivity contribution in [3.8, 4) is 5.69 Å². The molecule has 1 saturated heterocycles. The van der Waals surface area contributed by atoms with E-state index in [0.29, 0.717) is 78.0 Å². The molecular weight excluding hydrogens is 869 g/mol. The summed E-state index contributed by atoms with van der Waals surface area (Å²) in [5.74, 6) is -1.64. The van der Waals surface area contributed by atoms with Gasteiger partial charge in [-0.25, -0.2) is 32.4 Å². The number of imidazole rings is 1. The van der Waals surface area contributed by atoms with E-state index in [2.05, 4.69) is 22.3 Å². The van der Waals surface area contributed by atoms with Gasteiger partial charge >= 0.3 is 11.4 Å². The van der Waals surface area contributed by atoms with E-state index in [1.807, 2.05) is 23.6 Å². The maximum atomic E-state index is 16.0. The Kier molecular flexibility index (Phi) is 10.7. The van der Waals surface area contributed by atoms with Crippen molar-refractivity contribution < 1.29 is 27.0 Å². The summed E-state index contributed by atoms with van der Waals surface area (Å²) in [4.78, 5) is 51.9. The molecule has 66 heavy (non-hydrogen) atoms. The Morgan fingerprint density at radius 1 is 1.00 bits per heavy atom. The fraction of sp³-hybridized carbons (Fsp3) is 0.396. The summed E-state index contributed by atoms with van der Waals surface area (Å²) in [5.41, 5.74) is 9.15. The van der Waals surface area contributed by atoms with Gasteiger partial charge in [-0.1, -0.05) is 24.6 Å². The van der Waals surface area contributed by atoms with Gasteiger partial charge in [-0.3, -0.25) is 23.4 Å². The van der Waals surface area contributed by atoms with E-state index in [1.54, 1.807) is 37.8 Å². The molecular formula is C48H51F2N9O6S. The van der Waals surface area contributed by atoms with Gasteiger partial charge in [0.1, 0.15) is 28.7 Å². The highest BCUT2D eigenvalue weighted by Crippen LogP contribution is 2.56. The van der Waals surface area contributed by atoms with Gasteiger partial charge in [0.05, 0.1) is 32.0 Å². The number of carbonyl (C=O) groups is 1. The number of aromatic nitrogens is 5. The van der Waals surface area contributed by atoms with Crippen LogP contribution in [-0.4, -0.2) is 75.7 Å². The summed E-state index contributed by atoms with van der Waals surface area (Å²) >= 11 is 0. The van der Waals surface area contributed by atoms with Crippen molar-refractivity contribution in [2.75, 3.05) is 19.8 Å². The monoisotopic (exact) mass is 919 g/mol. The average molecular weight is 920 g/mol. The van der Waals surface area contributed by atoms with Gasteiger partial charge in [0.2, 0.25) is 0 Å². The first-order valence-corrected chi connectivity index (χ1v) is 24.0. The van der Waals surface area contributed by atoms with Crippen LogP contribution in [0.2, 0.25) is 0 Å². The molecule has 0 bridgehead atoms. The average Bonchev–Trinajstić information content (AvgIpc) is 3.58. The number of aromatic amines is 1. The SMILES string of the molecule is Cc1cc(N=C(C2=C(N)CCN(C(=O)c3cc4cc(C5CCOCC5)ccc4n3[C@@]3(c4noc(=O)[nH]4)C[C@@H]3C)[C@H]2C)n2ccn(-c3ccc([S@](=N)(=O)C4CCC4)cc3F)c2=O)cc(C)c1F. The first-order chi connectivity index (χ1) is 31.6. The van der Waals surface area contributed by atoms with Crippen molar-refractivity contribution in [2.24, 2.45) is 16.6 Å². The number of nitrogens with two attached hydrogens (primary N) is 1. The third-order valence-electron chi connectivity index (χ3n) is 14.3. The molecule has 2 aliphatic carbocycles. The molecule has 18 heteroatoms. The molecule has 5 heterocycles. The fourth-order valence-corrected chi connectivity index (χ4v) is 12.2. The summed E-state index contributed by atoms with van der Waals surface area (Å²) < 4.78 is 67.8. The number of ether oxygens (including phenoxy) is 1. The molecule has 10 rings (SSSR count). The van der Waals surface area contributed by atoms with E-state index >= 15 is 9.18 Å². The number of carbonyl (C=O) groups excluding carboxylic acids is 1. The van der Waals surface area contributed by atoms with Gasteiger partial charge in [0.15, 0.2) is 5.82 Å². The molecule has 1 amide bonds. The minimum absolute atomic E-state index is 0.0300. The molecule has 4 N–H and O–H groups in total. The third-order valence-corrected chi connectivity index (χ3v) is 16.7. The number of hydrogen-bond donors (Lipinski definition) is 3. The zero-order chi connectivity index (χ0) is 46.4. The summed E-state index contributed by atoms with van der Waals surface area (Å²) in [7, 11) is -3.24. The van der Waals surface area contributed by atoms with Crippen LogP contribution in [0.15, 0.2) is 102 Å². The molecule has 0 unspecified atom stereocenters. The number of fused-ring (bicyclic) bond motifs is 1. The van der Waals surface area contributed by atoms with Crippen LogP contribution in [0.3, 0.4) is 0 Å². The van der Waals surface area contributed by atoms with Gasteiger partial charge in [-0.05, 0) is 130 Å².